The monoisotopic (exact) mass is 205 g/mol. The van der Waals surface area contributed by atoms with Gasteiger partial charge in [-0.3, -0.25) is 0 Å². The Bertz CT molecular complexity index is 346. The number of hydrogen-bond acceptors (Lipinski definition) is 2. The smallest absolute Gasteiger partial charge is 0.0685 e. The van der Waals surface area contributed by atoms with Gasteiger partial charge < -0.3 is 10.0 Å². The van der Waals surface area contributed by atoms with Crippen molar-refractivity contribution < 1.29 is 5.11 Å². The van der Waals surface area contributed by atoms with E-state index in [1.54, 1.807) is 0 Å². The molecule has 82 valence electrons. The molecule has 2 heteroatoms. The van der Waals surface area contributed by atoms with Crippen LogP contribution < -0.4 is 4.90 Å². The maximum Gasteiger partial charge on any atom is 0.0685 e. The fraction of sp³-hybridized carbons (Fsp3) is 0.538. The molecule has 1 aliphatic heterocycles. The third-order valence-electron chi connectivity index (χ3n) is 2.98. The highest BCUT2D eigenvalue weighted by molar-refractivity contribution is 5.60. The molecule has 0 radical (unpaired) electrons. The Hall–Kier alpha value is -1.02. The number of anilines is 1. The van der Waals surface area contributed by atoms with Gasteiger partial charge in [0.25, 0.3) is 0 Å². The summed E-state index contributed by atoms with van der Waals surface area (Å²) in [5, 5.41) is 9.25. The summed E-state index contributed by atoms with van der Waals surface area (Å²) in [7, 11) is 0. The quantitative estimate of drug-likeness (QED) is 0.817. The van der Waals surface area contributed by atoms with Crippen LogP contribution in [0.4, 0.5) is 5.69 Å². The maximum absolute atomic E-state index is 9.25. The van der Waals surface area contributed by atoms with E-state index in [1.165, 1.54) is 11.3 Å². The fourth-order valence-corrected chi connectivity index (χ4v) is 2.35. The summed E-state index contributed by atoms with van der Waals surface area (Å²) in [6, 6.07) is 6.24. The number of benzene rings is 1. The van der Waals surface area contributed by atoms with Crippen LogP contribution in [0.15, 0.2) is 18.2 Å². The lowest BCUT2D eigenvalue weighted by atomic mass is 10.1. The van der Waals surface area contributed by atoms with Gasteiger partial charge in [0, 0.05) is 18.8 Å². The van der Waals surface area contributed by atoms with Crippen molar-refractivity contribution in [3.63, 3.8) is 0 Å². The van der Waals surface area contributed by atoms with E-state index in [4.69, 9.17) is 0 Å². The summed E-state index contributed by atoms with van der Waals surface area (Å²) < 4.78 is 0. The largest absolute Gasteiger partial charge is 0.392 e. The van der Waals surface area contributed by atoms with Gasteiger partial charge in [0.2, 0.25) is 0 Å². The van der Waals surface area contributed by atoms with Crippen molar-refractivity contribution >= 4 is 5.69 Å². The molecule has 2 rings (SSSR count). The topological polar surface area (TPSA) is 23.5 Å². The predicted octanol–water partition coefficient (Wildman–Crippen LogP) is 2.20. The Morgan fingerprint density at radius 3 is 2.87 bits per heavy atom. The van der Waals surface area contributed by atoms with E-state index in [2.05, 4.69) is 24.8 Å². The zero-order valence-electron chi connectivity index (χ0n) is 9.53. The minimum atomic E-state index is 0.165. The number of aliphatic hydroxyl groups is 1. The third-order valence-corrected chi connectivity index (χ3v) is 2.98. The normalized spacial score (nSPS) is 14.8. The Morgan fingerprint density at radius 2 is 2.20 bits per heavy atom. The lowest BCUT2D eigenvalue weighted by Gasteiger charge is -2.21. The van der Waals surface area contributed by atoms with Gasteiger partial charge in [-0.15, -0.1) is 0 Å². The van der Waals surface area contributed by atoms with Gasteiger partial charge in [0.05, 0.1) is 6.61 Å². The Kier molecular flexibility index (Phi) is 2.96. The van der Waals surface area contributed by atoms with Crippen LogP contribution in [0.5, 0.6) is 0 Å². The van der Waals surface area contributed by atoms with Crippen molar-refractivity contribution in [1.82, 2.24) is 0 Å². The summed E-state index contributed by atoms with van der Waals surface area (Å²) in [5.41, 5.74) is 3.77. The van der Waals surface area contributed by atoms with E-state index in [-0.39, 0.29) is 6.61 Å². The summed E-state index contributed by atoms with van der Waals surface area (Å²) >= 11 is 0. The van der Waals surface area contributed by atoms with Gasteiger partial charge in [-0.05, 0) is 29.5 Å². The van der Waals surface area contributed by atoms with Gasteiger partial charge in [-0.25, -0.2) is 0 Å². The molecule has 0 amide bonds. The molecule has 2 nitrogen and oxygen atoms in total. The van der Waals surface area contributed by atoms with Crippen molar-refractivity contribution in [3.05, 3.63) is 29.3 Å². The zero-order chi connectivity index (χ0) is 10.8. The van der Waals surface area contributed by atoms with Crippen LogP contribution in [0, 0.1) is 5.92 Å². The van der Waals surface area contributed by atoms with E-state index in [0.717, 1.165) is 25.1 Å². The third kappa shape index (κ3) is 2.00. The minimum Gasteiger partial charge on any atom is -0.392 e. The molecule has 0 saturated heterocycles. The molecule has 1 aromatic carbocycles. The molecule has 0 bridgehead atoms. The fourth-order valence-electron chi connectivity index (χ4n) is 2.35. The predicted molar refractivity (Wildman–Crippen MR) is 63.1 cm³/mol. The van der Waals surface area contributed by atoms with Crippen molar-refractivity contribution in [2.75, 3.05) is 18.0 Å². The molecule has 15 heavy (non-hydrogen) atoms. The first-order valence-corrected chi connectivity index (χ1v) is 5.69. The SMILES string of the molecule is CC(C)CN1CCc2c(CO)cccc21. The van der Waals surface area contributed by atoms with E-state index >= 15 is 0 Å². The van der Waals surface area contributed by atoms with E-state index in [9.17, 15) is 5.11 Å². The summed E-state index contributed by atoms with van der Waals surface area (Å²) in [6.45, 7) is 6.87. The van der Waals surface area contributed by atoms with Gasteiger partial charge in [0.15, 0.2) is 0 Å². The first-order valence-electron chi connectivity index (χ1n) is 5.69. The van der Waals surface area contributed by atoms with Gasteiger partial charge in [0.1, 0.15) is 0 Å². The lowest BCUT2D eigenvalue weighted by Crippen LogP contribution is -2.25. The van der Waals surface area contributed by atoms with Gasteiger partial charge >= 0.3 is 0 Å². The molecular formula is C13H19NO. The molecule has 0 spiro atoms. The summed E-state index contributed by atoms with van der Waals surface area (Å²) in [6.07, 6.45) is 1.08. The summed E-state index contributed by atoms with van der Waals surface area (Å²) in [4.78, 5) is 2.43. The van der Waals surface area contributed by atoms with E-state index in [0.29, 0.717) is 5.92 Å². The molecule has 0 aromatic heterocycles. The summed E-state index contributed by atoms with van der Waals surface area (Å²) in [5.74, 6) is 0.689. The lowest BCUT2D eigenvalue weighted by molar-refractivity contribution is 0.281. The maximum atomic E-state index is 9.25. The molecule has 0 fully saturated rings. The van der Waals surface area contributed by atoms with Crippen molar-refractivity contribution in [2.45, 2.75) is 26.9 Å². The number of nitrogens with zero attached hydrogens (tertiary/aromatic N) is 1. The highest BCUT2D eigenvalue weighted by Crippen LogP contribution is 2.31. The van der Waals surface area contributed by atoms with Crippen LogP contribution in [0.1, 0.15) is 25.0 Å². The van der Waals surface area contributed by atoms with E-state index in [1.807, 2.05) is 12.1 Å². The molecule has 0 saturated carbocycles. The first-order chi connectivity index (χ1) is 7.22. The second-order valence-electron chi connectivity index (χ2n) is 4.66. The van der Waals surface area contributed by atoms with Crippen molar-refractivity contribution in [2.24, 2.45) is 5.92 Å². The number of fused-ring (bicyclic) bond motifs is 1. The second kappa shape index (κ2) is 4.23. The average molecular weight is 205 g/mol. The van der Waals surface area contributed by atoms with Crippen LogP contribution in [-0.2, 0) is 13.0 Å². The van der Waals surface area contributed by atoms with Gasteiger partial charge in [-0.1, -0.05) is 26.0 Å². The Balaban J connectivity index is 2.27. The molecule has 0 unspecified atom stereocenters. The van der Waals surface area contributed by atoms with Crippen LogP contribution >= 0.6 is 0 Å². The number of hydrogen-bond donors (Lipinski definition) is 1. The number of aliphatic hydroxyl groups excluding tert-OH is 1. The zero-order valence-corrected chi connectivity index (χ0v) is 9.53. The first kappa shape index (κ1) is 10.5. The highest BCUT2D eigenvalue weighted by atomic mass is 16.3. The second-order valence-corrected chi connectivity index (χ2v) is 4.66. The van der Waals surface area contributed by atoms with Crippen molar-refractivity contribution in [3.8, 4) is 0 Å². The minimum absolute atomic E-state index is 0.165. The van der Waals surface area contributed by atoms with Crippen LogP contribution in [0.25, 0.3) is 0 Å². The molecule has 0 aliphatic carbocycles. The van der Waals surface area contributed by atoms with Crippen LogP contribution in [0.2, 0.25) is 0 Å². The van der Waals surface area contributed by atoms with Gasteiger partial charge in [-0.2, -0.15) is 0 Å². The number of rotatable bonds is 3. The Morgan fingerprint density at radius 1 is 1.40 bits per heavy atom. The van der Waals surface area contributed by atoms with E-state index < -0.39 is 0 Å². The molecule has 1 heterocycles. The molecule has 1 aromatic rings. The van der Waals surface area contributed by atoms with Crippen LogP contribution in [0.3, 0.4) is 0 Å². The average Bonchev–Trinajstić information content (AvgIpc) is 2.61. The molecule has 1 N–H and O–H groups in total. The van der Waals surface area contributed by atoms with Crippen molar-refractivity contribution in [1.29, 1.82) is 0 Å². The molecular weight excluding hydrogens is 186 g/mol. The molecule has 1 aliphatic rings. The Labute approximate surface area is 91.5 Å². The standard InChI is InChI=1S/C13H19NO/c1-10(2)8-14-7-6-12-11(9-15)4-3-5-13(12)14/h3-5,10,15H,6-9H2,1-2H3. The molecule has 0 atom stereocenters. The van der Waals surface area contributed by atoms with Crippen LogP contribution in [-0.4, -0.2) is 18.2 Å². The highest BCUT2D eigenvalue weighted by Gasteiger charge is 2.21.